The van der Waals surface area contributed by atoms with Crippen LogP contribution in [-0.2, 0) is 26.0 Å². The number of sulfonamides is 1. The highest BCUT2D eigenvalue weighted by Crippen LogP contribution is 2.29. The van der Waals surface area contributed by atoms with Crippen LogP contribution in [-0.4, -0.2) is 71.1 Å². The Kier molecular flexibility index (Phi) is 7.09. The van der Waals surface area contributed by atoms with Crippen molar-refractivity contribution >= 4 is 27.6 Å². The summed E-state index contributed by atoms with van der Waals surface area (Å²) in [6.07, 6.45) is 2.12. The molecule has 1 fully saturated rings. The van der Waals surface area contributed by atoms with Crippen LogP contribution >= 0.6 is 0 Å². The second kappa shape index (κ2) is 9.90. The average Bonchev–Trinajstić information content (AvgIpc) is 3.24. The third-order valence-corrected chi connectivity index (χ3v) is 8.53. The first-order chi connectivity index (χ1) is 16.6. The highest BCUT2D eigenvalue weighted by molar-refractivity contribution is 7.89. The Labute approximate surface area is 206 Å². The van der Waals surface area contributed by atoms with Crippen molar-refractivity contribution in [2.24, 2.45) is 0 Å². The van der Waals surface area contributed by atoms with E-state index in [1.807, 2.05) is 39.8 Å². The second-order valence-corrected chi connectivity index (χ2v) is 10.8. The van der Waals surface area contributed by atoms with E-state index in [9.17, 15) is 13.2 Å². The Hall–Kier alpha value is -3.05. The Morgan fingerprint density at radius 2 is 1.71 bits per heavy atom. The smallest absolute Gasteiger partial charge is 0.306 e. The minimum absolute atomic E-state index is 0.226. The SMILES string of the molecule is CCOC(=O)CCc1c(C)nc2ncnn2c1N1CCN(S(=O)(=O)c2c(C)cc(C)cc2C)CC1. The van der Waals surface area contributed by atoms with Gasteiger partial charge in [-0.05, 0) is 52.2 Å². The minimum Gasteiger partial charge on any atom is -0.466 e. The molecule has 0 atom stereocenters. The average molecular weight is 501 g/mol. The first kappa shape index (κ1) is 25.1. The van der Waals surface area contributed by atoms with E-state index in [1.165, 1.54) is 6.33 Å². The van der Waals surface area contributed by atoms with Gasteiger partial charge in [0.05, 0.1) is 11.5 Å². The summed E-state index contributed by atoms with van der Waals surface area (Å²) in [7, 11) is -3.63. The number of esters is 1. The van der Waals surface area contributed by atoms with E-state index >= 15 is 0 Å². The van der Waals surface area contributed by atoms with Gasteiger partial charge in [0.15, 0.2) is 0 Å². The third-order valence-electron chi connectivity index (χ3n) is 6.33. The van der Waals surface area contributed by atoms with Crippen LogP contribution in [0.4, 0.5) is 5.82 Å². The molecule has 0 radical (unpaired) electrons. The number of fused-ring (bicyclic) bond motifs is 1. The van der Waals surface area contributed by atoms with Crippen molar-refractivity contribution in [3.63, 3.8) is 0 Å². The first-order valence-electron chi connectivity index (χ1n) is 11.8. The number of hydrogen-bond acceptors (Lipinski definition) is 8. The predicted octanol–water partition coefficient (Wildman–Crippen LogP) is 2.36. The second-order valence-electron chi connectivity index (χ2n) is 8.90. The van der Waals surface area contributed by atoms with Crippen LogP contribution in [0.3, 0.4) is 0 Å². The van der Waals surface area contributed by atoms with Gasteiger partial charge >= 0.3 is 5.97 Å². The summed E-state index contributed by atoms with van der Waals surface area (Å²) in [4.78, 5) is 23.3. The van der Waals surface area contributed by atoms with E-state index in [2.05, 4.69) is 20.0 Å². The Balaban J connectivity index is 1.61. The molecule has 3 aromatic rings. The van der Waals surface area contributed by atoms with Gasteiger partial charge in [-0.25, -0.2) is 13.4 Å². The summed E-state index contributed by atoms with van der Waals surface area (Å²) in [5.74, 6) is 1.00. The summed E-state index contributed by atoms with van der Waals surface area (Å²) < 4.78 is 35.4. The molecule has 1 saturated heterocycles. The van der Waals surface area contributed by atoms with Crippen molar-refractivity contribution in [2.45, 2.75) is 52.4 Å². The van der Waals surface area contributed by atoms with E-state index in [0.717, 1.165) is 33.8 Å². The number of hydrogen-bond donors (Lipinski definition) is 0. The Bertz CT molecular complexity index is 1340. The highest BCUT2D eigenvalue weighted by Gasteiger charge is 2.32. The number of aryl methyl sites for hydroxylation is 4. The van der Waals surface area contributed by atoms with E-state index in [4.69, 9.17) is 4.74 Å². The lowest BCUT2D eigenvalue weighted by Gasteiger charge is -2.36. The topological polar surface area (TPSA) is 110 Å². The van der Waals surface area contributed by atoms with Crippen LogP contribution in [0.2, 0.25) is 0 Å². The van der Waals surface area contributed by atoms with E-state index < -0.39 is 10.0 Å². The van der Waals surface area contributed by atoms with Crippen LogP contribution in [0.1, 0.15) is 41.3 Å². The third kappa shape index (κ3) is 4.87. The Morgan fingerprint density at radius 1 is 1.06 bits per heavy atom. The summed E-state index contributed by atoms with van der Waals surface area (Å²) in [5.41, 5.74) is 4.23. The van der Waals surface area contributed by atoms with Gasteiger partial charge in [-0.15, -0.1) is 0 Å². The number of benzene rings is 1. The fourth-order valence-electron chi connectivity index (χ4n) is 4.89. The van der Waals surface area contributed by atoms with Gasteiger partial charge in [0.25, 0.3) is 5.78 Å². The molecule has 0 saturated carbocycles. The van der Waals surface area contributed by atoms with Crippen molar-refractivity contribution in [3.05, 3.63) is 46.4 Å². The lowest BCUT2D eigenvalue weighted by atomic mass is 10.1. The maximum Gasteiger partial charge on any atom is 0.306 e. The molecule has 0 spiro atoms. The van der Waals surface area contributed by atoms with Crippen molar-refractivity contribution in [2.75, 3.05) is 37.7 Å². The maximum atomic E-state index is 13.5. The maximum absolute atomic E-state index is 13.5. The molecule has 0 bridgehead atoms. The normalized spacial score (nSPS) is 15.1. The predicted molar refractivity (Wildman–Crippen MR) is 132 cm³/mol. The standard InChI is InChI=1S/C24H32N6O4S/c1-6-34-21(31)8-7-20-19(5)27-24-25-15-26-30(24)23(20)28-9-11-29(12-10-28)35(32,33)22-17(3)13-16(2)14-18(22)4/h13-15H,6-12H2,1-5H3. The molecule has 1 aliphatic heterocycles. The number of carbonyl (C=O) groups is 1. The van der Waals surface area contributed by atoms with Gasteiger partial charge in [-0.2, -0.15) is 18.9 Å². The quantitative estimate of drug-likeness (QED) is 0.455. The molecule has 11 heteroatoms. The summed E-state index contributed by atoms with van der Waals surface area (Å²) in [6.45, 7) is 11.3. The molecule has 10 nitrogen and oxygen atoms in total. The van der Waals surface area contributed by atoms with Crippen molar-refractivity contribution in [3.8, 4) is 0 Å². The van der Waals surface area contributed by atoms with E-state index in [1.54, 1.807) is 15.7 Å². The molecule has 0 N–H and O–H groups in total. The van der Waals surface area contributed by atoms with E-state index in [-0.39, 0.29) is 12.4 Å². The van der Waals surface area contributed by atoms with Crippen LogP contribution in [0.25, 0.3) is 5.78 Å². The zero-order valence-corrected chi connectivity index (χ0v) is 21.7. The zero-order valence-electron chi connectivity index (χ0n) is 20.9. The number of nitrogens with zero attached hydrogens (tertiary/aromatic N) is 6. The number of anilines is 1. The lowest BCUT2D eigenvalue weighted by molar-refractivity contribution is -0.143. The van der Waals surface area contributed by atoms with Crippen molar-refractivity contribution in [1.29, 1.82) is 0 Å². The van der Waals surface area contributed by atoms with Gasteiger partial charge in [-0.1, -0.05) is 17.7 Å². The molecule has 3 heterocycles. The first-order valence-corrected chi connectivity index (χ1v) is 13.2. The molecule has 35 heavy (non-hydrogen) atoms. The largest absolute Gasteiger partial charge is 0.466 e. The number of rotatable bonds is 7. The number of piperazine rings is 1. The highest BCUT2D eigenvalue weighted by atomic mass is 32.2. The van der Waals surface area contributed by atoms with Crippen molar-refractivity contribution < 1.29 is 17.9 Å². The van der Waals surface area contributed by atoms with Crippen LogP contribution in [0, 0.1) is 27.7 Å². The summed E-state index contributed by atoms with van der Waals surface area (Å²) in [5, 5.41) is 4.36. The fraction of sp³-hybridized carbons (Fsp3) is 0.500. The molecule has 2 aromatic heterocycles. The van der Waals surface area contributed by atoms with E-state index in [0.29, 0.717) is 49.9 Å². The van der Waals surface area contributed by atoms with Gasteiger partial charge in [0.1, 0.15) is 12.1 Å². The molecule has 0 aliphatic carbocycles. The van der Waals surface area contributed by atoms with Crippen LogP contribution in [0.5, 0.6) is 0 Å². The number of ether oxygens (including phenoxy) is 1. The van der Waals surface area contributed by atoms with Gasteiger partial charge in [0.2, 0.25) is 10.0 Å². The molecule has 1 aliphatic rings. The molecule has 1 aromatic carbocycles. The van der Waals surface area contributed by atoms with Gasteiger partial charge < -0.3 is 9.64 Å². The monoisotopic (exact) mass is 500 g/mol. The molecular weight excluding hydrogens is 468 g/mol. The van der Waals surface area contributed by atoms with Gasteiger partial charge in [0, 0.05) is 43.9 Å². The number of aromatic nitrogens is 4. The van der Waals surface area contributed by atoms with Crippen molar-refractivity contribution in [1.82, 2.24) is 23.9 Å². The van der Waals surface area contributed by atoms with Crippen LogP contribution in [0.15, 0.2) is 23.4 Å². The fourth-order valence-corrected chi connectivity index (χ4v) is 6.72. The van der Waals surface area contributed by atoms with Crippen LogP contribution < -0.4 is 4.90 Å². The number of carbonyl (C=O) groups excluding carboxylic acids is 1. The lowest BCUT2D eigenvalue weighted by Crippen LogP contribution is -2.49. The molecule has 0 amide bonds. The minimum atomic E-state index is -3.63. The summed E-state index contributed by atoms with van der Waals surface area (Å²) >= 11 is 0. The zero-order chi connectivity index (χ0) is 25.3. The summed E-state index contributed by atoms with van der Waals surface area (Å²) in [6, 6.07) is 3.82. The van der Waals surface area contributed by atoms with Gasteiger partial charge in [-0.3, -0.25) is 4.79 Å². The Morgan fingerprint density at radius 3 is 2.34 bits per heavy atom. The molecular formula is C24H32N6O4S. The molecule has 188 valence electrons. The molecule has 4 rings (SSSR count). The molecule has 0 unspecified atom stereocenters.